The van der Waals surface area contributed by atoms with Crippen LogP contribution in [0, 0.1) is 5.92 Å². The summed E-state index contributed by atoms with van der Waals surface area (Å²) in [5, 5.41) is 8.38. The van der Waals surface area contributed by atoms with E-state index in [1.54, 1.807) is 61.6 Å². The number of esters is 1. The zero-order valence-electron chi connectivity index (χ0n) is 21.1. The first-order valence-corrected chi connectivity index (χ1v) is 12.9. The van der Waals surface area contributed by atoms with Gasteiger partial charge < -0.3 is 30.2 Å². The molecule has 1 aliphatic rings. The van der Waals surface area contributed by atoms with Crippen molar-refractivity contribution in [2.75, 3.05) is 25.2 Å². The van der Waals surface area contributed by atoms with Crippen LogP contribution in [0.2, 0.25) is 0 Å². The van der Waals surface area contributed by atoms with Crippen LogP contribution in [0.1, 0.15) is 30.8 Å². The molecule has 2 aromatic rings. The van der Waals surface area contributed by atoms with Crippen molar-refractivity contribution in [3.63, 3.8) is 0 Å². The predicted molar refractivity (Wildman–Crippen MR) is 138 cm³/mol. The van der Waals surface area contributed by atoms with Crippen LogP contribution in [0.5, 0.6) is 0 Å². The van der Waals surface area contributed by atoms with Crippen molar-refractivity contribution in [3.8, 4) is 0 Å². The number of amides is 4. The van der Waals surface area contributed by atoms with Gasteiger partial charge in [-0.05, 0) is 48.9 Å². The second-order valence-electron chi connectivity index (χ2n) is 8.93. The summed E-state index contributed by atoms with van der Waals surface area (Å²) in [6, 6.07) is 7.76. The molecule has 11 heteroatoms. The number of ether oxygens (including phenoxy) is 1. The smallest absolute Gasteiger partial charge is 0.328 e. The number of hydrogen-bond donors (Lipinski definition) is 3. The van der Waals surface area contributed by atoms with Gasteiger partial charge in [-0.15, -0.1) is 11.8 Å². The van der Waals surface area contributed by atoms with E-state index in [9.17, 15) is 19.2 Å². The molecule has 0 unspecified atom stereocenters. The minimum Gasteiger partial charge on any atom is -0.467 e. The van der Waals surface area contributed by atoms with E-state index in [4.69, 9.17) is 4.74 Å². The normalized spacial score (nSPS) is 18.0. The fourth-order valence-corrected chi connectivity index (χ4v) is 4.69. The molecule has 3 N–H and O–H groups in total. The maximum absolute atomic E-state index is 13.5. The van der Waals surface area contributed by atoms with Crippen molar-refractivity contribution in [1.82, 2.24) is 20.1 Å². The molecule has 0 radical (unpaired) electrons. The lowest BCUT2D eigenvalue weighted by molar-refractivity contribution is -0.146. The van der Waals surface area contributed by atoms with Crippen molar-refractivity contribution in [1.29, 1.82) is 0 Å². The molecule has 3 rings (SSSR count). The van der Waals surface area contributed by atoms with Crippen LogP contribution in [-0.2, 0) is 21.4 Å². The molecule has 0 bridgehead atoms. The Morgan fingerprint density at radius 1 is 1.14 bits per heavy atom. The largest absolute Gasteiger partial charge is 0.467 e. The van der Waals surface area contributed by atoms with E-state index >= 15 is 0 Å². The molecule has 194 valence electrons. The topological polar surface area (TPSA) is 122 Å². The van der Waals surface area contributed by atoms with Crippen molar-refractivity contribution < 1.29 is 23.9 Å². The monoisotopic (exact) mass is 515 g/mol. The van der Waals surface area contributed by atoms with Gasteiger partial charge in [0.2, 0.25) is 5.91 Å². The van der Waals surface area contributed by atoms with Gasteiger partial charge in [-0.3, -0.25) is 9.59 Å². The van der Waals surface area contributed by atoms with E-state index in [0.717, 1.165) is 4.90 Å². The molecule has 1 aromatic carbocycles. The molecule has 2 heterocycles. The van der Waals surface area contributed by atoms with Crippen molar-refractivity contribution in [2.24, 2.45) is 13.0 Å². The van der Waals surface area contributed by atoms with Crippen molar-refractivity contribution in [2.45, 2.75) is 43.3 Å². The highest BCUT2D eigenvalue weighted by molar-refractivity contribution is 7.98. The van der Waals surface area contributed by atoms with E-state index < -0.39 is 36.0 Å². The number of nitrogens with one attached hydrogen (secondary N) is 3. The summed E-state index contributed by atoms with van der Waals surface area (Å²) in [7, 11) is 3.00. The van der Waals surface area contributed by atoms with Gasteiger partial charge in [0.1, 0.15) is 17.8 Å². The second kappa shape index (κ2) is 12.0. The predicted octanol–water partition coefficient (Wildman–Crippen LogP) is 2.47. The average Bonchev–Trinajstić information content (AvgIpc) is 3.47. The highest BCUT2D eigenvalue weighted by Gasteiger charge is 2.44. The molecule has 0 aliphatic carbocycles. The number of urea groups is 1. The molecule has 0 spiro atoms. The van der Waals surface area contributed by atoms with E-state index in [1.165, 1.54) is 12.0 Å². The standard InChI is InChI=1S/C25H33N5O5S/c1-15(2)20(24(33)35-4)28-22(31)21-18(11-13-30(21)23(32)19-10-7-12-29(19)3)27-25(34)26-16-8-6-9-17(14-16)36-5/h6-10,12,14-15,18,20-21H,11,13H2,1-5H3,(H,28,31)(H2,26,27,34)/t18-,20+,21-/m0/s1. The molecule has 3 atom stereocenters. The molecule has 36 heavy (non-hydrogen) atoms. The number of anilines is 1. The first-order chi connectivity index (χ1) is 17.2. The number of aryl methyl sites for hydroxylation is 1. The number of rotatable bonds is 8. The number of nitrogens with zero attached hydrogens (tertiary/aromatic N) is 2. The third-order valence-corrected chi connectivity index (χ3v) is 6.88. The lowest BCUT2D eigenvalue weighted by Gasteiger charge is -2.30. The van der Waals surface area contributed by atoms with Gasteiger partial charge in [-0.2, -0.15) is 0 Å². The Morgan fingerprint density at radius 3 is 2.50 bits per heavy atom. The summed E-state index contributed by atoms with van der Waals surface area (Å²) in [6.45, 7) is 3.84. The van der Waals surface area contributed by atoms with Gasteiger partial charge >= 0.3 is 12.0 Å². The maximum Gasteiger partial charge on any atom is 0.328 e. The summed E-state index contributed by atoms with van der Waals surface area (Å²) in [6.07, 6.45) is 4.06. The van der Waals surface area contributed by atoms with Crippen LogP contribution >= 0.6 is 11.8 Å². The fraction of sp³-hybridized carbons (Fsp3) is 0.440. The first-order valence-electron chi connectivity index (χ1n) is 11.7. The lowest BCUT2D eigenvalue weighted by Crippen LogP contribution is -2.58. The summed E-state index contributed by atoms with van der Waals surface area (Å²) < 4.78 is 6.52. The minimum absolute atomic E-state index is 0.238. The van der Waals surface area contributed by atoms with Crippen LogP contribution in [0.15, 0.2) is 47.5 Å². The van der Waals surface area contributed by atoms with Crippen molar-refractivity contribution >= 4 is 41.3 Å². The summed E-state index contributed by atoms with van der Waals surface area (Å²) in [5.74, 6) is -1.68. The van der Waals surface area contributed by atoms with Gasteiger partial charge in [0.25, 0.3) is 5.91 Å². The fourth-order valence-electron chi connectivity index (χ4n) is 4.23. The van der Waals surface area contributed by atoms with Gasteiger partial charge in [0.15, 0.2) is 0 Å². The van der Waals surface area contributed by atoms with Crippen LogP contribution < -0.4 is 16.0 Å². The van der Waals surface area contributed by atoms with Crippen molar-refractivity contribution in [3.05, 3.63) is 48.3 Å². The van der Waals surface area contributed by atoms with Gasteiger partial charge in [-0.25, -0.2) is 9.59 Å². The number of carbonyl (C=O) groups is 4. The Kier molecular flexibility index (Phi) is 9.03. The number of aromatic nitrogens is 1. The zero-order valence-corrected chi connectivity index (χ0v) is 21.9. The Bertz CT molecular complexity index is 1120. The summed E-state index contributed by atoms with van der Waals surface area (Å²) in [5.41, 5.74) is 1.03. The molecule has 1 aromatic heterocycles. The summed E-state index contributed by atoms with van der Waals surface area (Å²) in [4.78, 5) is 54.4. The average molecular weight is 516 g/mol. The first kappa shape index (κ1) is 27.1. The van der Waals surface area contributed by atoms with E-state index in [0.29, 0.717) is 17.8 Å². The quantitative estimate of drug-likeness (QED) is 0.367. The maximum atomic E-state index is 13.5. The van der Waals surface area contributed by atoms with E-state index in [1.807, 2.05) is 24.5 Å². The highest BCUT2D eigenvalue weighted by atomic mass is 32.2. The van der Waals surface area contributed by atoms with E-state index in [-0.39, 0.29) is 18.4 Å². The van der Waals surface area contributed by atoms with Crippen LogP contribution in [0.25, 0.3) is 0 Å². The number of likely N-dealkylation sites (tertiary alicyclic amines) is 1. The molecule has 1 saturated heterocycles. The van der Waals surface area contributed by atoms with Crippen LogP contribution in [-0.4, -0.2) is 71.3 Å². The lowest BCUT2D eigenvalue weighted by atomic mass is 10.0. The molecule has 10 nitrogen and oxygen atoms in total. The SMILES string of the molecule is COC(=O)[C@H](NC(=O)[C@@H]1[C@@H](NC(=O)Nc2cccc(SC)c2)CCN1C(=O)c1cccn1C)C(C)C. The van der Waals surface area contributed by atoms with Crippen LogP contribution in [0.3, 0.4) is 0 Å². The Labute approximate surface area is 215 Å². The Balaban J connectivity index is 1.83. The number of methoxy groups -OCH3 is 1. The number of benzene rings is 1. The minimum atomic E-state index is -1.01. The van der Waals surface area contributed by atoms with Crippen LogP contribution in [0.4, 0.5) is 10.5 Å². The summed E-state index contributed by atoms with van der Waals surface area (Å²) >= 11 is 1.55. The Hall–Kier alpha value is -3.47. The van der Waals surface area contributed by atoms with E-state index in [2.05, 4.69) is 16.0 Å². The van der Waals surface area contributed by atoms with Gasteiger partial charge in [0, 0.05) is 30.4 Å². The third-order valence-electron chi connectivity index (χ3n) is 6.15. The van der Waals surface area contributed by atoms with Gasteiger partial charge in [0.05, 0.1) is 13.2 Å². The molecular formula is C25H33N5O5S. The van der Waals surface area contributed by atoms with Gasteiger partial charge in [-0.1, -0.05) is 19.9 Å². The number of thioether (sulfide) groups is 1. The molecule has 1 aliphatic heterocycles. The zero-order chi connectivity index (χ0) is 26.4. The number of hydrogen-bond acceptors (Lipinski definition) is 6. The highest BCUT2D eigenvalue weighted by Crippen LogP contribution is 2.23. The molecule has 4 amide bonds. The third kappa shape index (κ3) is 6.20. The number of carbonyl (C=O) groups excluding carboxylic acids is 4. The molecule has 1 fully saturated rings. The Morgan fingerprint density at radius 2 is 1.89 bits per heavy atom. The second-order valence-corrected chi connectivity index (χ2v) is 9.81. The molecular weight excluding hydrogens is 482 g/mol. The molecule has 0 saturated carbocycles.